The van der Waals surface area contributed by atoms with Gasteiger partial charge < -0.3 is 58.8 Å². The lowest BCUT2D eigenvalue weighted by Crippen LogP contribution is -2.51. The zero-order valence-corrected chi connectivity index (χ0v) is 39.7. The number of nitrogens with one attached hydrogen (secondary N) is 2. The molecular weight excluding hydrogens is 1070 g/mol. The van der Waals surface area contributed by atoms with E-state index in [-0.39, 0.29) is 0 Å². The Balaban J connectivity index is 0.000000345. The van der Waals surface area contributed by atoms with Crippen molar-refractivity contribution in [3.8, 4) is 0 Å². The molecule has 2 fully saturated rings. The Bertz CT molecular complexity index is 2610. The van der Waals surface area contributed by atoms with Gasteiger partial charge in [0.05, 0.1) is 6.10 Å². The summed E-state index contributed by atoms with van der Waals surface area (Å²) in [5.74, 6) is 0. The summed E-state index contributed by atoms with van der Waals surface area (Å²) < 4.78 is 141. The molecule has 65 heavy (non-hydrogen) atoms. The maximum absolute atomic E-state index is 15.4. The number of phosphoric ester groups is 2. The number of aromatic nitrogens is 4. The molecule has 42 heteroatoms. The first-order valence-electron chi connectivity index (χ1n) is 16.7. The van der Waals surface area contributed by atoms with Crippen LogP contribution < -0.4 is 22.5 Å². The number of aromatic amines is 2. The Morgan fingerprint density at radius 3 is 1.48 bits per heavy atom. The summed E-state index contributed by atoms with van der Waals surface area (Å²) in [6.45, 7) is -1.06. The molecule has 0 aliphatic carbocycles. The van der Waals surface area contributed by atoms with Crippen LogP contribution in [0.5, 0.6) is 0 Å². The van der Waals surface area contributed by atoms with Gasteiger partial charge in [-0.15, -0.1) is 0 Å². The molecule has 30 nitrogen and oxygen atoms in total. The molecule has 2 aromatic heterocycles. The summed E-state index contributed by atoms with van der Waals surface area (Å²) in [5, 5.41) is 20.6. The summed E-state index contributed by atoms with van der Waals surface area (Å²) in [4.78, 5) is 124. The molecule has 13 atom stereocenters. The van der Waals surface area contributed by atoms with E-state index in [4.69, 9.17) is 33.6 Å². The fourth-order valence-electron chi connectivity index (χ4n) is 5.73. The number of halogens is 4. The standard InChI is InChI=1S/C12H20F2N2O13P4.C11H18F2N2O13P4/c1-11(2,27-31(20,21)28-32(22,23)29-33(24,25)30)8-7(18)12(14,5-13)9(26-8)16-4-3-6(17)15-10(16)19;1-5(26-30(19,20)27-31(21,22)28-32(23,24)29)7-8(17)11(13,4-12)9(25-7)15-3-2-6(16)14-10(15)18/h3-4,7-9,18,24-25,30H,5H2,1-2H3,(H,20,21)(H,22,23)(H,15,17,19);2-3,5,7-9,17,23-24,29H,4H2,1H3,(H,19,20)(H,21,22)(H,14,16,18)/t7-,8-,9+,12?;5-,7-,8+,9-,11?/m01/s1. The minimum absolute atomic E-state index is 0.420. The highest BCUT2D eigenvalue weighted by Crippen LogP contribution is 2.70. The average molecular weight is 1110 g/mol. The number of aliphatic hydroxyl groups is 2. The zero-order valence-electron chi connectivity index (χ0n) is 32.4. The molecule has 12 N–H and O–H groups in total. The minimum Gasteiger partial charge on any atom is -0.387 e. The van der Waals surface area contributed by atoms with Gasteiger partial charge in [0.15, 0.2) is 12.5 Å². The predicted molar refractivity (Wildman–Crippen MR) is 211 cm³/mol. The quantitative estimate of drug-likeness (QED) is 0.0702. The van der Waals surface area contributed by atoms with Crippen LogP contribution in [0.3, 0.4) is 0 Å². The van der Waals surface area contributed by atoms with Gasteiger partial charge in [-0.05, 0) is 37.8 Å². The van der Waals surface area contributed by atoms with Gasteiger partial charge >= 0.3 is 42.7 Å². The molecule has 0 saturated carbocycles. The number of hydrogen-bond acceptors (Lipinski definition) is 18. The van der Waals surface area contributed by atoms with Gasteiger partial charge in [0.2, 0.25) is 11.3 Å². The van der Waals surface area contributed by atoms with Crippen molar-refractivity contribution in [2.45, 2.75) is 80.7 Å². The smallest absolute Gasteiger partial charge is 0.387 e. The number of rotatable bonds is 18. The number of H-pyrrole nitrogens is 2. The molecule has 2 aliphatic heterocycles. The second-order valence-electron chi connectivity index (χ2n) is 13.7. The van der Waals surface area contributed by atoms with Gasteiger partial charge in [-0.2, -0.15) is 8.62 Å². The minimum atomic E-state index is -5.65. The Morgan fingerprint density at radius 1 is 0.708 bits per heavy atom. The third-order valence-electron chi connectivity index (χ3n) is 8.23. The molecule has 0 radical (unpaired) electrons. The summed E-state index contributed by atoms with van der Waals surface area (Å²) in [5.41, 5.74) is -13.0. The van der Waals surface area contributed by atoms with E-state index < -0.39 is 142 Å². The zero-order chi connectivity index (χ0) is 50.3. The maximum atomic E-state index is 15.4. The van der Waals surface area contributed by atoms with E-state index in [2.05, 4.69) is 38.8 Å². The number of phosphoric acid groups is 4. The van der Waals surface area contributed by atoms with Crippen LogP contribution in [0.25, 0.3) is 0 Å². The molecule has 2 aliphatic rings. The second kappa shape index (κ2) is 20.6. The summed E-state index contributed by atoms with van der Waals surface area (Å²) in [6, 6.07) is 1.57. The Labute approximate surface area is 362 Å². The summed E-state index contributed by atoms with van der Waals surface area (Å²) in [6.07, 6.45) is -13.4. The van der Waals surface area contributed by atoms with Gasteiger partial charge in [-0.3, -0.25) is 37.7 Å². The van der Waals surface area contributed by atoms with Crippen molar-refractivity contribution in [3.63, 3.8) is 0 Å². The summed E-state index contributed by atoms with van der Waals surface area (Å²) in [7, 11) is -27.4. The average Bonchev–Trinajstić information content (AvgIpc) is 3.50. The first-order chi connectivity index (χ1) is 29.1. The van der Waals surface area contributed by atoms with Gasteiger partial charge in [0.25, 0.3) is 25.6 Å². The maximum Gasteiger partial charge on any atom is 0.488 e. The molecule has 0 aromatic carbocycles. The normalized spacial score (nSPS) is 30.5. The van der Waals surface area contributed by atoms with E-state index in [1.165, 1.54) is 0 Å². The SMILES string of the molecule is CC(C)(OP(=O)(O)OP(=O)(O)OP(O)(O)=P)[C@H]1O[C@@H](n2ccc(=O)[nH]c2=O)C(F)(CF)[C@H]1O.C[C@@H](OP(=O)(O)OP(=O)(O)OP(O)(O)=P)[C@H]1O[C@@H](n2ccc(=O)[nH]c2=O)C(F)(CF)[C@H]1O. The van der Waals surface area contributed by atoms with Crippen molar-refractivity contribution in [2.75, 3.05) is 13.3 Å². The predicted octanol–water partition coefficient (Wildman–Crippen LogP) is 0.224. The topological polar surface area (TPSA) is 454 Å². The van der Waals surface area contributed by atoms with Crippen LogP contribution in [0, 0.1) is 0 Å². The van der Waals surface area contributed by atoms with Crippen LogP contribution in [0.1, 0.15) is 33.2 Å². The van der Waals surface area contributed by atoms with Crippen LogP contribution in [-0.2, 0) is 54.0 Å². The van der Waals surface area contributed by atoms with Crippen LogP contribution in [-0.4, -0.2) is 129 Å². The number of ether oxygens (including phenoxy) is 2. The molecular formula is C23H38F4N4O26P8. The monoisotopic (exact) mass is 1110 g/mol. The van der Waals surface area contributed by atoms with Crippen molar-refractivity contribution in [3.05, 3.63) is 66.2 Å². The van der Waals surface area contributed by atoms with E-state index in [1.54, 1.807) is 9.97 Å². The number of hydrogen-bond donors (Lipinski definition) is 12. The number of aliphatic hydroxyl groups excluding tert-OH is 2. The van der Waals surface area contributed by atoms with Gasteiger partial charge in [0, 0.05) is 24.5 Å². The number of alkyl halides is 4. The van der Waals surface area contributed by atoms with E-state index in [0.29, 0.717) is 9.13 Å². The van der Waals surface area contributed by atoms with E-state index in [1.807, 2.05) is 0 Å². The molecule has 4 heterocycles. The summed E-state index contributed by atoms with van der Waals surface area (Å²) >= 11 is 0. The number of nitrogens with zero attached hydrogens (tertiary/aromatic N) is 2. The van der Waals surface area contributed by atoms with Crippen molar-refractivity contribution in [1.29, 1.82) is 0 Å². The first-order valence-corrected chi connectivity index (χ1v) is 28.6. The third-order valence-corrected chi connectivity index (χ3v) is 17.8. The third kappa shape index (κ3) is 15.1. The lowest BCUT2D eigenvalue weighted by molar-refractivity contribution is -0.120. The van der Waals surface area contributed by atoms with E-state index >= 15 is 8.78 Å². The van der Waals surface area contributed by atoms with Crippen LogP contribution >= 0.6 is 62.8 Å². The van der Waals surface area contributed by atoms with Crippen LogP contribution in [0.4, 0.5) is 17.6 Å². The van der Waals surface area contributed by atoms with Crippen molar-refractivity contribution in [1.82, 2.24) is 19.1 Å². The Hall–Kier alpha value is -1.26. The second-order valence-corrected chi connectivity index (χ2v) is 26.1. The highest BCUT2D eigenvalue weighted by Gasteiger charge is 2.64. The molecule has 4 rings (SSSR count). The molecule has 374 valence electrons. The fourth-order valence-corrected chi connectivity index (χ4v) is 14.3. The van der Waals surface area contributed by atoms with Crippen LogP contribution in [0.15, 0.2) is 43.7 Å². The Kier molecular flexibility index (Phi) is 18.4. The lowest BCUT2D eigenvalue weighted by atomic mass is 9.89. The first kappa shape index (κ1) is 58.1. The molecule has 0 spiro atoms. The van der Waals surface area contributed by atoms with Crippen LogP contribution in [0.2, 0.25) is 0 Å². The van der Waals surface area contributed by atoms with Crippen molar-refractivity contribution < 1.29 is 121 Å². The molecule has 0 amide bonds. The van der Waals surface area contributed by atoms with Crippen molar-refractivity contribution in [2.24, 2.45) is 0 Å². The molecule has 0 bridgehead atoms. The van der Waals surface area contributed by atoms with Gasteiger partial charge in [0.1, 0.15) is 43.4 Å². The molecule has 2 aromatic rings. The van der Waals surface area contributed by atoms with Gasteiger partial charge in [-0.25, -0.2) is 54.0 Å². The largest absolute Gasteiger partial charge is 0.488 e. The van der Waals surface area contributed by atoms with E-state index in [9.17, 15) is 76.0 Å². The highest BCUT2D eigenvalue weighted by atomic mass is 31.8. The molecule has 6 unspecified atom stereocenters. The lowest BCUT2D eigenvalue weighted by Gasteiger charge is -2.34. The Morgan fingerprint density at radius 2 is 1.09 bits per heavy atom. The van der Waals surface area contributed by atoms with Crippen molar-refractivity contribution >= 4 is 62.8 Å². The highest BCUT2D eigenvalue weighted by molar-refractivity contribution is 7.91. The fraction of sp³-hybridized carbons (Fsp3) is 0.652. The van der Waals surface area contributed by atoms with Gasteiger partial charge in [-0.1, -0.05) is 0 Å². The molecule has 2 saturated heterocycles. The van der Waals surface area contributed by atoms with E-state index in [0.717, 1.165) is 45.3 Å².